The van der Waals surface area contributed by atoms with Crippen molar-refractivity contribution in [2.75, 3.05) is 18.4 Å². The molecule has 1 unspecified atom stereocenters. The smallest absolute Gasteiger partial charge is 0.228 e. The molecule has 1 aliphatic carbocycles. The summed E-state index contributed by atoms with van der Waals surface area (Å²) in [6.45, 7) is 2.08. The minimum Gasteiger partial charge on any atom is -0.323 e. The maximum atomic E-state index is 12.1. The largest absolute Gasteiger partial charge is 0.323 e. The van der Waals surface area contributed by atoms with Crippen molar-refractivity contribution in [2.24, 2.45) is 11.3 Å². The van der Waals surface area contributed by atoms with Gasteiger partial charge in [0.15, 0.2) is 0 Å². The van der Waals surface area contributed by atoms with E-state index >= 15 is 0 Å². The topological polar surface area (TPSA) is 66.9 Å². The van der Waals surface area contributed by atoms with Gasteiger partial charge in [-0.15, -0.1) is 0 Å². The lowest BCUT2D eigenvalue weighted by Gasteiger charge is -2.23. The Kier molecular flexibility index (Phi) is 2.55. The molecule has 5 nitrogen and oxygen atoms in total. The number of amides is 1. The molecule has 1 aliphatic heterocycles. The van der Waals surface area contributed by atoms with Crippen LogP contribution in [0.25, 0.3) is 0 Å². The number of hydrogen-bond acceptors (Lipinski definition) is 4. The first-order valence-corrected chi connectivity index (χ1v) is 6.07. The Balaban J connectivity index is 1.61. The number of carbonyl (C=O) groups excluding carboxylic acids is 1. The molecule has 2 heterocycles. The van der Waals surface area contributed by atoms with E-state index in [0.717, 1.165) is 32.4 Å². The molecule has 0 aromatic carbocycles. The average Bonchev–Trinajstić information content (AvgIpc) is 3.05. The minimum atomic E-state index is 0.127. The van der Waals surface area contributed by atoms with E-state index in [4.69, 9.17) is 0 Å². The van der Waals surface area contributed by atoms with Gasteiger partial charge in [0.25, 0.3) is 0 Å². The van der Waals surface area contributed by atoms with E-state index in [1.165, 1.54) is 6.33 Å². The second-order valence-electron chi connectivity index (χ2n) is 4.99. The van der Waals surface area contributed by atoms with Gasteiger partial charge in [-0.3, -0.25) is 4.79 Å². The second kappa shape index (κ2) is 4.07. The first-order chi connectivity index (χ1) is 8.30. The third-order valence-electron chi connectivity index (χ3n) is 3.93. The lowest BCUT2D eigenvalue weighted by molar-refractivity contribution is -0.118. The highest BCUT2D eigenvalue weighted by Crippen LogP contribution is 2.58. The predicted molar refractivity (Wildman–Crippen MR) is 63.3 cm³/mol. The summed E-state index contributed by atoms with van der Waals surface area (Å²) in [5, 5.41) is 6.23. The Labute approximate surface area is 100 Å². The molecular formula is C12H16N4O. The first kappa shape index (κ1) is 10.7. The molecule has 1 atom stereocenters. The molecule has 1 aromatic rings. The molecule has 2 N–H and O–H groups in total. The van der Waals surface area contributed by atoms with Crippen LogP contribution in [-0.2, 0) is 4.79 Å². The summed E-state index contributed by atoms with van der Waals surface area (Å²) in [6, 6.07) is 0. The van der Waals surface area contributed by atoms with Gasteiger partial charge in [-0.1, -0.05) is 0 Å². The van der Waals surface area contributed by atoms with Gasteiger partial charge >= 0.3 is 0 Å². The van der Waals surface area contributed by atoms with Crippen LogP contribution in [-0.4, -0.2) is 29.0 Å². The van der Waals surface area contributed by atoms with Gasteiger partial charge in [0.2, 0.25) is 5.91 Å². The average molecular weight is 232 g/mol. The van der Waals surface area contributed by atoms with E-state index in [1.54, 1.807) is 12.4 Å². The van der Waals surface area contributed by atoms with Crippen molar-refractivity contribution in [3.63, 3.8) is 0 Å². The fraction of sp³-hybridized carbons (Fsp3) is 0.583. The SMILES string of the molecule is O=C(Nc1cncnc1)C1CC12CCNCC2. The molecule has 2 aliphatic rings. The first-order valence-electron chi connectivity index (χ1n) is 6.07. The van der Waals surface area contributed by atoms with E-state index in [-0.39, 0.29) is 17.2 Å². The van der Waals surface area contributed by atoms with Crippen LogP contribution in [0.2, 0.25) is 0 Å². The lowest BCUT2D eigenvalue weighted by Crippen LogP contribution is -2.31. The van der Waals surface area contributed by atoms with Crippen molar-refractivity contribution in [2.45, 2.75) is 19.3 Å². The molecule has 1 amide bonds. The molecule has 1 spiro atoms. The lowest BCUT2D eigenvalue weighted by atomic mass is 9.92. The number of nitrogens with zero attached hydrogens (tertiary/aromatic N) is 2. The highest BCUT2D eigenvalue weighted by molar-refractivity contribution is 5.94. The number of hydrogen-bond donors (Lipinski definition) is 2. The maximum Gasteiger partial charge on any atom is 0.228 e. The molecule has 1 saturated heterocycles. The zero-order valence-corrected chi connectivity index (χ0v) is 9.65. The zero-order valence-electron chi connectivity index (χ0n) is 9.65. The van der Waals surface area contributed by atoms with Crippen LogP contribution in [0.5, 0.6) is 0 Å². The molecule has 1 saturated carbocycles. The van der Waals surface area contributed by atoms with Gasteiger partial charge in [-0.2, -0.15) is 0 Å². The summed E-state index contributed by atoms with van der Waals surface area (Å²) in [5.41, 5.74) is 0.971. The molecule has 1 aromatic heterocycles. The van der Waals surface area contributed by atoms with Gasteiger partial charge in [-0.25, -0.2) is 9.97 Å². The van der Waals surface area contributed by atoms with Crippen molar-refractivity contribution in [1.82, 2.24) is 15.3 Å². The van der Waals surface area contributed by atoms with Crippen LogP contribution in [0.3, 0.4) is 0 Å². The van der Waals surface area contributed by atoms with Crippen molar-refractivity contribution < 1.29 is 4.79 Å². The summed E-state index contributed by atoms with van der Waals surface area (Å²) in [7, 11) is 0. The minimum absolute atomic E-state index is 0.127. The summed E-state index contributed by atoms with van der Waals surface area (Å²) in [6.07, 6.45) is 7.99. The number of aromatic nitrogens is 2. The van der Waals surface area contributed by atoms with Crippen LogP contribution < -0.4 is 10.6 Å². The van der Waals surface area contributed by atoms with Gasteiger partial charge in [-0.05, 0) is 37.8 Å². The Morgan fingerprint density at radius 1 is 1.35 bits per heavy atom. The number of piperidine rings is 1. The zero-order chi connectivity index (χ0) is 11.7. The second-order valence-corrected chi connectivity index (χ2v) is 4.99. The molecule has 0 bridgehead atoms. The van der Waals surface area contributed by atoms with Crippen LogP contribution in [0, 0.1) is 11.3 Å². The Morgan fingerprint density at radius 2 is 2.06 bits per heavy atom. The molecular weight excluding hydrogens is 216 g/mol. The normalized spacial score (nSPS) is 25.5. The van der Waals surface area contributed by atoms with E-state index in [2.05, 4.69) is 20.6 Å². The van der Waals surface area contributed by atoms with Gasteiger partial charge in [0, 0.05) is 5.92 Å². The Bertz CT molecular complexity index is 414. The molecule has 17 heavy (non-hydrogen) atoms. The Hall–Kier alpha value is -1.49. The third kappa shape index (κ3) is 2.02. The van der Waals surface area contributed by atoms with E-state index < -0.39 is 0 Å². The number of carbonyl (C=O) groups is 1. The van der Waals surface area contributed by atoms with Gasteiger partial charge < -0.3 is 10.6 Å². The van der Waals surface area contributed by atoms with Crippen LogP contribution in [0.4, 0.5) is 5.69 Å². The molecule has 3 rings (SSSR count). The predicted octanol–water partition coefficient (Wildman–Crippen LogP) is 0.805. The van der Waals surface area contributed by atoms with E-state index in [1.807, 2.05) is 0 Å². The molecule has 2 fully saturated rings. The van der Waals surface area contributed by atoms with Crippen LogP contribution in [0.15, 0.2) is 18.7 Å². The fourth-order valence-corrected chi connectivity index (χ4v) is 2.79. The quantitative estimate of drug-likeness (QED) is 0.791. The number of rotatable bonds is 2. The fourth-order valence-electron chi connectivity index (χ4n) is 2.79. The van der Waals surface area contributed by atoms with Crippen molar-refractivity contribution in [3.05, 3.63) is 18.7 Å². The van der Waals surface area contributed by atoms with Crippen molar-refractivity contribution in [3.8, 4) is 0 Å². The highest BCUT2D eigenvalue weighted by atomic mass is 16.2. The monoisotopic (exact) mass is 232 g/mol. The summed E-state index contributed by atoms with van der Waals surface area (Å²) >= 11 is 0. The van der Waals surface area contributed by atoms with E-state index in [0.29, 0.717) is 5.69 Å². The van der Waals surface area contributed by atoms with Crippen LogP contribution in [0.1, 0.15) is 19.3 Å². The van der Waals surface area contributed by atoms with Gasteiger partial charge in [0.1, 0.15) is 6.33 Å². The van der Waals surface area contributed by atoms with Crippen molar-refractivity contribution in [1.29, 1.82) is 0 Å². The maximum absolute atomic E-state index is 12.1. The molecule has 0 radical (unpaired) electrons. The van der Waals surface area contributed by atoms with Gasteiger partial charge in [0.05, 0.1) is 18.1 Å². The van der Waals surface area contributed by atoms with Crippen molar-refractivity contribution >= 4 is 11.6 Å². The summed E-state index contributed by atoms with van der Waals surface area (Å²) in [5.74, 6) is 0.312. The molecule has 90 valence electrons. The summed E-state index contributed by atoms with van der Waals surface area (Å²) in [4.78, 5) is 19.8. The van der Waals surface area contributed by atoms with E-state index in [9.17, 15) is 4.79 Å². The highest BCUT2D eigenvalue weighted by Gasteiger charge is 2.57. The number of nitrogens with one attached hydrogen (secondary N) is 2. The number of anilines is 1. The van der Waals surface area contributed by atoms with Crippen LogP contribution >= 0.6 is 0 Å². The third-order valence-corrected chi connectivity index (χ3v) is 3.93. The standard InChI is InChI=1S/C12H16N4O/c17-11(16-9-6-14-8-15-7-9)10-5-12(10)1-3-13-4-2-12/h6-8,10,13H,1-5H2,(H,16,17). The Morgan fingerprint density at radius 3 is 2.76 bits per heavy atom. The summed E-state index contributed by atoms with van der Waals surface area (Å²) < 4.78 is 0. The molecule has 5 heteroatoms.